The van der Waals surface area contributed by atoms with Crippen molar-refractivity contribution in [2.75, 3.05) is 44.2 Å². The fourth-order valence-corrected chi connectivity index (χ4v) is 2.60. The van der Waals surface area contributed by atoms with E-state index in [2.05, 4.69) is 45.9 Å². The van der Waals surface area contributed by atoms with Crippen molar-refractivity contribution in [1.82, 2.24) is 20.2 Å². The van der Waals surface area contributed by atoms with Gasteiger partial charge in [-0.05, 0) is 25.4 Å². The van der Waals surface area contributed by atoms with Gasteiger partial charge in [0.15, 0.2) is 0 Å². The number of aromatic nitrogens is 2. The molecule has 1 aliphatic rings. The predicted molar refractivity (Wildman–Crippen MR) is 87.5 cm³/mol. The zero-order valence-corrected chi connectivity index (χ0v) is 13.7. The minimum atomic E-state index is 0.671. The average molecular weight is 291 g/mol. The van der Waals surface area contributed by atoms with Gasteiger partial charge in [-0.3, -0.25) is 4.90 Å². The van der Waals surface area contributed by atoms with Gasteiger partial charge < -0.3 is 10.2 Å². The van der Waals surface area contributed by atoms with Crippen LogP contribution in [-0.4, -0.2) is 54.1 Å². The van der Waals surface area contributed by atoms with Crippen molar-refractivity contribution >= 4 is 5.95 Å². The Morgan fingerprint density at radius 3 is 2.38 bits per heavy atom. The number of hydrogen-bond acceptors (Lipinski definition) is 5. The summed E-state index contributed by atoms with van der Waals surface area (Å²) in [7, 11) is 0. The quantitative estimate of drug-likeness (QED) is 0.829. The third kappa shape index (κ3) is 5.25. The van der Waals surface area contributed by atoms with E-state index in [-0.39, 0.29) is 0 Å². The minimum absolute atomic E-state index is 0.671. The molecule has 5 heteroatoms. The van der Waals surface area contributed by atoms with Crippen LogP contribution in [0.4, 0.5) is 5.95 Å². The maximum atomic E-state index is 4.53. The summed E-state index contributed by atoms with van der Waals surface area (Å²) in [6.45, 7) is 14.1. The number of hydrogen-bond donors (Lipinski definition) is 1. The molecule has 0 spiro atoms. The Labute approximate surface area is 128 Å². The second-order valence-corrected chi connectivity index (χ2v) is 6.24. The van der Waals surface area contributed by atoms with Crippen LogP contribution in [0.25, 0.3) is 0 Å². The molecule has 1 aromatic heterocycles. The van der Waals surface area contributed by atoms with Gasteiger partial charge in [0.05, 0.1) is 0 Å². The molecule has 0 aromatic carbocycles. The van der Waals surface area contributed by atoms with Gasteiger partial charge >= 0.3 is 0 Å². The first kappa shape index (κ1) is 16.2. The van der Waals surface area contributed by atoms with Crippen molar-refractivity contribution in [3.8, 4) is 0 Å². The van der Waals surface area contributed by atoms with Crippen LogP contribution in [-0.2, 0) is 6.54 Å². The summed E-state index contributed by atoms with van der Waals surface area (Å²) in [6.07, 6.45) is 5.14. The Bertz CT molecular complexity index is 396. The highest BCUT2D eigenvalue weighted by Gasteiger charge is 2.17. The second kappa shape index (κ2) is 8.29. The Kier molecular flexibility index (Phi) is 6.39. The zero-order valence-electron chi connectivity index (χ0n) is 13.7. The van der Waals surface area contributed by atoms with E-state index in [0.29, 0.717) is 5.92 Å². The standard InChI is InChI=1S/C16H29N5/c1-4-5-20-6-8-21(9-7-20)16-18-12-15(13-19-16)11-17-10-14(2)3/h12-14,17H,4-11H2,1-3H3. The normalized spacial score (nSPS) is 16.7. The van der Waals surface area contributed by atoms with Crippen molar-refractivity contribution in [1.29, 1.82) is 0 Å². The maximum Gasteiger partial charge on any atom is 0.225 e. The molecule has 1 N–H and O–H groups in total. The van der Waals surface area contributed by atoms with Crippen LogP contribution >= 0.6 is 0 Å². The smallest absolute Gasteiger partial charge is 0.225 e. The van der Waals surface area contributed by atoms with Crippen LogP contribution < -0.4 is 10.2 Å². The number of nitrogens with zero attached hydrogens (tertiary/aromatic N) is 4. The molecule has 2 rings (SSSR count). The number of rotatable bonds is 7. The van der Waals surface area contributed by atoms with E-state index in [4.69, 9.17) is 0 Å². The zero-order chi connectivity index (χ0) is 15.1. The van der Waals surface area contributed by atoms with Gasteiger partial charge in [-0.25, -0.2) is 9.97 Å². The van der Waals surface area contributed by atoms with Gasteiger partial charge in [-0.1, -0.05) is 20.8 Å². The molecule has 0 bridgehead atoms. The topological polar surface area (TPSA) is 44.3 Å². The first-order valence-corrected chi connectivity index (χ1v) is 8.18. The fraction of sp³-hybridized carbons (Fsp3) is 0.750. The maximum absolute atomic E-state index is 4.53. The molecule has 0 radical (unpaired) electrons. The van der Waals surface area contributed by atoms with Crippen LogP contribution in [0, 0.1) is 5.92 Å². The van der Waals surface area contributed by atoms with E-state index in [9.17, 15) is 0 Å². The van der Waals surface area contributed by atoms with Crippen LogP contribution in [0.15, 0.2) is 12.4 Å². The second-order valence-electron chi connectivity index (χ2n) is 6.24. The van der Waals surface area contributed by atoms with E-state index < -0.39 is 0 Å². The van der Waals surface area contributed by atoms with Crippen molar-refractivity contribution in [2.24, 2.45) is 5.92 Å². The summed E-state index contributed by atoms with van der Waals surface area (Å²) < 4.78 is 0. The van der Waals surface area contributed by atoms with Gasteiger partial charge in [0.2, 0.25) is 5.95 Å². The third-order valence-corrected chi connectivity index (χ3v) is 3.77. The van der Waals surface area contributed by atoms with E-state index in [1.54, 1.807) is 0 Å². The fourth-order valence-electron chi connectivity index (χ4n) is 2.60. The summed E-state index contributed by atoms with van der Waals surface area (Å²) in [4.78, 5) is 13.9. The Balaban J connectivity index is 1.79. The molecular formula is C16H29N5. The van der Waals surface area contributed by atoms with Crippen LogP contribution in [0.5, 0.6) is 0 Å². The molecular weight excluding hydrogens is 262 g/mol. The average Bonchev–Trinajstić information content (AvgIpc) is 2.49. The number of piperazine rings is 1. The molecule has 0 atom stereocenters. The lowest BCUT2D eigenvalue weighted by Crippen LogP contribution is -2.47. The summed E-state index contributed by atoms with van der Waals surface area (Å²) in [5.74, 6) is 1.54. The SMILES string of the molecule is CCCN1CCN(c2ncc(CNCC(C)C)cn2)CC1. The molecule has 1 fully saturated rings. The minimum Gasteiger partial charge on any atom is -0.338 e. The van der Waals surface area contributed by atoms with E-state index in [0.717, 1.165) is 50.8 Å². The van der Waals surface area contributed by atoms with Gasteiger partial charge in [0.1, 0.15) is 0 Å². The Morgan fingerprint density at radius 2 is 1.81 bits per heavy atom. The van der Waals surface area contributed by atoms with Gasteiger partial charge in [0, 0.05) is 50.7 Å². The summed E-state index contributed by atoms with van der Waals surface area (Å²) in [5.41, 5.74) is 1.16. The molecule has 21 heavy (non-hydrogen) atoms. The highest BCUT2D eigenvalue weighted by atomic mass is 15.3. The van der Waals surface area contributed by atoms with Crippen LogP contribution in [0.2, 0.25) is 0 Å². The van der Waals surface area contributed by atoms with Crippen LogP contribution in [0.1, 0.15) is 32.8 Å². The molecule has 1 aromatic rings. The molecule has 0 amide bonds. The lowest BCUT2D eigenvalue weighted by atomic mass is 10.2. The summed E-state index contributed by atoms with van der Waals surface area (Å²) in [5, 5.41) is 3.42. The molecule has 1 saturated heterocycles. The van der Waals surface area contributed by atoms with Crippen molar-refractivity contribution < 1.29 is 0 Å². The van der Waals surface area contributed by atoms with E-state index in [1.807, 2.05) is 12.4 Å². The van der Waals surface area contributed by atoms with Gasteiger partial charge in [-0.2, -0.15) is 0 Å². The molecule has 0 saturated carbocycles. The Hall–Kier alpha value is -1.20. The first-order chi connectivity index (χ1) is 10.2. The Morgan fingerprint density at radius 1 is 1.14 bits per heavy atom. The van der Waals surface area contributed by atoms with Gasteiger partial charge in [0.25, 0.3) is 0 Å². The van der Waals surface area contributed by atoms with Crippen LogP contribution in [0.3, 0.4) is 0 Å². The molecule has 0 aliphatic carbocycles. The predicted octanol–water partition coefficient (Wildman–Crippen LogP) is 1.75. The molecule has 0 unspecified atom stereocenters. The highest BCUT2D eigenvalue weighted by molar-refractivity contribution is 5.30. The van der Waals surface area contributed by atoms with Gasteiger partial charge in [-0.15, -0.1) is 0 Å². The highest BCUT2D eigenvalue weighted by Crippen LogP contribution is 2.11. The van der Waals surface area contributed by atoms with Crippen molar-refractivity contribution in [3.63, 3.8) is 0 Å². The lowest BCUT2D eigenvalue weighted by Gasteiger charge is -2.34. The molecule has 2 heterocycles. The first-order valence-electron chi connectivity index (χ1n) is 8.18. The largest absolute Gasteiger partial charge is 0.338 e. The lowest BCUT2D eigenvalue weighted by molar-refractivity contribution is 0.257. The van der Waals surface area contributed by atoms with E-state index >= 15 is 0 Å². The van der Waals surface area contributed by atoms with E-state index in [1.165, 1.54) is 13.0 Å². The monoisotopic (exact) mass is 291 g/mol. The molecule has 5 nitrogen and oxygen atoms in total. The number of anilines is 1. The third-order valence-electron chi connectivity index (χ3n) is 3.77. The summed E-state index contributed by atoms with van der Waals surface area (Å²) in [6, 6.07) is 0. The van der Waals surface area contributed by atoms with Crippen molar-refractivity contribution in [2.45, 2.75) is 33.7 Å². The van der Waals surface area contributed by atoms with Crippen molar-refractivity contribution in [3.05, 3.63) is 18.0 Å². The summed E-state index contributed by atoms with van der Waals surface area (Å²) >= 11 is 0. The molecule has 1 aliphatic heterocycles. The number of nitrogens with one attached hydrogen (secondary N) is 1. The molecule has 118 valence electrons.